The number of carbonyl (C=O) groups excluding carboxylic acids is 2. The average molecular weight is 365 g/mol. The second kappa shape index (κ2) is 8.49. The standard InChI is InChI=1S/C21H23N3O3/c1-14-8-6-7-11-16(14)17-13-19(27-24-17)21(26)23-18(20(25)22-2)12-15-9-4-3-5-10-15/h3-11,18-19H,12-13H2,1-2H3,(H,22,25)(H,23,26)/t18-,19-/m0/s1. The highest BCUT2D eigenvalue weighted by Gasteiger charge is 2.32. The number of benzene rings is 2. The molecule has 2 amide bonds. The molecule has 27 heavy (non-hydrogen) atoms. The Morgan fingerprint density at radius 3 is 2.56 bits per heavy atom. The van der Waals surface area contributed by atoms with Gasteiger partial charge in [0.2, 0.25) is 12.0 Å². The third-order valence-electron chi connectivity index (χ3n) is 4.58. The van der Waals surface area contributed by atoms with E-state index in [4.69, 9.17) is 4.84 Å². The van der Waals surface area contributed by atoms with Crippen molar-refractivity contribution >= 4 is 17.5 Å². The summed E-state index contributed by atoms with van der Waals surface area (Å²) in [5.41, 5.74) is 3.76. The summed E-state index contributed by atoms with van der Waals surface area (Å²) in [5, 5.41) is 9.48. The van der Waals surface area contributed by atoms with Crippen LogP contribution in [0.1, 0.15) is 23.1 Å². The largest absolute Gasteiger partial charge is 0.382 e. The van der Waals surface area contributed by atoms with Gasteiger partial charge in [0.1, 0.15) is 6.04 Å². The maximum Gasteiger partial charge on any atom is 0.265 e. The Morgan fingerprint density at radius 2 is 1.85 bits per heavy atom. The first-order valence-corrected chi connectivity index (χ1v) is 8.93. The predicted octanol–water partition coefficient (Wildman–Crippen LogP) is 1.96. The lowest BCUT2D eigenvalue weighted by atomic mass is 10.00. The minimum Gasteiger partial charge on any atom is -0.382 e. The second-order valence-corrected chi connectivity index (χ2v) is 6.52. The number of likely N-dealkylation sites (N-methyl/N-ethyl adjacent to an activating group) is 1. The van der Waals surface area contributed by atoms with E-state index in [0.717, 1.165) is 22.4 Å². The summed E-state index contributed by atoms with van der Waals surface area (Å²) in [6, 6.07) is 16.7. The van der Waals surface area contributed by atoms with Crippen molar-refractivity contribution in [1.29, 1.82) is 0 Å². The molecule has 0 aromatic heterocycles. The smallest absolute Gasteiger partial charge is 0.265 e. The predicted molar refractivity (Wildman–Crippen MR) is 103 cm³/mol. The molecule has 0 radical (unpaired) electrons. The number of rotatable bonds is 6. The van der Waals surface area contributed by atoms with Crippen molar-refractivity contribution < 1.29 is 14.4 Å². The SMILES string of the molecule is CNC(=O)[C@H](Cc1ccccc1)NC(=O)[C@@H]1CC(c2ccccc2C)=NO1. The molecular weight excluding hydrogens is 342 g/mol. The van der Waals surface area contributed by atoms with Crippen molar-refractivity contribution in [2.75, 3.05) is 7.05 Å². The molecule has 6 heteroatoms. The van der Waals surface area contributed by atoms with Gasteiger partial charge in [0, 0.05) is 25.5 Å². The third kappa shape index (κ3) is 4.53. The minimum atomic E-state index is -0.734. The van der Waals surface area contributed by atoms with Crippen LogP contribution in [-0.4, -0.2) is 36.7 Å². The van der Waals surface area contributed by atoms with E-state index in [2.05, 4.69) is 15.8 Å². The van der Waals surface area contributed by atoms with Gasteiger partial charge in [-0.15, -0.1) is 0 Å². The maximum atomic E-state index is 12.6. The van der Waals surface area contributed by atoms with Crippen molar-refractivity contribution in [2.45, 2.75) is 31.9 Å². The van der Waals surface area contributed by atoms with Crippen LogP contribution in [0.3, 0.4) is 0 Å². The Balaban J connectivity index is 1.65. The zero-order valence-electron chi connectivity index (χ0n) is 15.4. The van der Waals surface area contributed by atoms with Gasteiger partial charge < -0.3 is 15.5 Å². The fourth-order valence-electron chi connectivity index (χ4n) is 3.07. The van der Waals surface area contributed by atoms with Gasteiger partial charge in [-0.3, -0.25) is 9.59 Å². The first-order valence-electron chi connectivity index (χ1n) is 8.93. The summed E-state index contributed by atoms with van der Waals surface area (Å²) >= 11 is 0. The molecule has 0 spiro atoms. The van der Waals surface area contributed by atoms with Crippen molar-refractivity contribution in [3.8, 4) is 0 Å². The number of nitrogens with one attached hydrogen (secondary N) is 2. The van der Waals surface area contributed by atoms with Crippen LogP contribution in [0.25, 0.3) is 0 Å². The molecule has 0 saturated carbocycles. The number of hydrogen-bond acceptors (Lipinski definition) is 4. The highest BCUT2D eigenvalue weighted by molar-refractivity contribution is 6.05. The van der Waals surface area contributed by atoms with Crippen LogP contribution in [0.4, 0.5) is 0 Å². The summed E-state index contributed by atoms with van der Waals surface area (Å²) in [6.07, 6.45) is 0.0509. The van der Waals surface area contributed by atoms with Gasteiger partial charge in [0.15, 0.2) is 0 Å². The van der Waals surface area contributed by atoms with Gasteiger partial charge in [0.05, 0.1) is 5.71 Å². The first kappa shape index (κ1) is 18.6. The maximum absolute atomic E-state index is 12.6. The lowest BCUT2D eigenvalue weighted by Crippen LogP contribution is -2.50. The third-order valence-corrected chi connectivity index (χ3v) is 4.58. The Labute approximate surface area is 158 Å². The van der Waals surface area contributed by atoms with Crippen molar-refractivity contribution in [1.82, 2.24) is 10.6 Å². The summed E-state index contributed by atoms with van der Waals surface area (Å²) in [7, 11) is 1.55. The normalized spacial score (nSPS) is 16.8. The van der Waals surface area contributed by atoms with Gasteiger partial charge in [-0.2, -0.15) is 0 Å². The Morgan fingerprint density at radius 1 is 1.15 bits per heavy atom. The van der Waals surface area contributed by atoms with E-state index in [-0.39, 0.29) is 11.8 Å². The van der Waals surface area contributed by atoms with Gasteiger partial charge in [-0.25, -0.2) is 0 Å². The van der Waals surface area contributed by atoms with Crippen molar-refractivity contribution in [3.05, 3.63) is 71.3 Å². The second-order valence-electron chi connectivity index (χ2n) is 6.52. The molecule has 2 N–H and O–H groups in total. The topological polar surface area (TPSA) is 79.8 Å². The quantitative estimate of drug-likeness (QED) is 0.821. The molecule has 2 atom stereocenters. The minimum absolute atomic E-state index is 0.245. The molecule has 0 bridgehead atoms. The number of oxime groups is 1. The number of carbonyl (C=O) groups is 2. The molecule has 1 aliphatic heterocycles. The number of hydrogen-bond donors (Lipinski definition) is 2. The molecule has 0 fully saturated rings. The molecular formula is C21H23N3O3. The number of aryl methyl sites for hydroxylation is 1. The van der Waals surface area contributed by atoms with E-state index in [1.54, 1.807) is 7.05 Å². The molecule has 0 unspecified atom stereocenters. The zero-order chi connectivity index (χ0) is 19.2. The molecule has 2 aromatic carbocycles. The summed E-state index contributed by atoms with van der Waals surface area (Å²) in [6.45, 7) is 1.99. The van der Waals surface area contributed by atoms with E-state index in [9.17, 15) is 9.59 Å². The molecule has 140 valence electrons. The zero-order valence-corrected chi connectivity index (χ0v) is 15.4. The lowest BCUT2D eigenvalue weighted by molar-refractivity contribution is -0.135. The number of nitrogens with zero attached hydrogens (tertiary/aromatic N) is 1. The van der Waals surface area contributed by atoms with Crippen LogP contribution in [0.5, 0.6) is 0 Å². The average Bonchev–Trinajstić information content (AvgIpc) is 3.18. The van der Waals surface area contributed by atoms with Crippen LogP contribution in [0, 0.1) is 6.92 Å². The van der Waals surface area contributed by atoms with Gasteiger partial charge in [0.25, 0.3) is 5.91 Å². The van der Waals surface area contributed by atoms with E-state index >= 15 is 0 Å². The fraction of sp³-hybridized carbons (Fsp3) is 0.286. The molecule has 3 rings (SSSR count). The van der Waals surface area contributed by atoms with Crippen LogP contribution >= 0.6 is 0 Å². The molecule has 1 aliphatic rings. The van der Waals surface area contributed by atoms with Gasteiger partial charge in [-0.05, 0) is 18.1 Å². The van der Waals surface area contributed by atoms with Crippen LogP contribution < -0.4 is 10.6 Å². The monoisotopic (exact) mass is 365 g/mol. The van der Waals surface area contributed by atoms with E-state index in [1.165, 1.54) is 0 Å². The van der Waals surface area contributed by atoms with Gasteiger partial charge >= 0.3 is 0 Å². The summed E-state index contributed by atoms with van der Waals surface area (Å²) < 4.78 is 0. The van der Waals surface area contributed by atoms with Crippen LogP contribution in [-0.2, 0) is 20.8 Å². The fourth-order valence-corrected chi connectivity index (χ4v) is 3.07. The van der Waals surface area contributed by atoms with Crippen molar-refractivity contribution in [2.24, 2.45) is 5.16 Å². The highest BCUT2D eigenvalue weighted by atomic mass is 16.6. The van der Waals surface area contributed by atoms with Crippen molar-refractivity contribution in [3.63, 3.8) is 0 Å². The van der Waals surface area contributed by atoms with E-state index in [1.807, 2.05) is 61.5 Å². The highest BCUT2D eigenvalue weighted by Crippen LogP contribution is 2.19. The summed E-state index contributed by atoms with van der Waals surface area (Å²) in [5.74, 6) is -0.586. The van der Waals surface area contributed by atoms with E-state index < -0.39 is 12.1 Å². The Bertz CT molecular complexity index is 849. The molecule has 2 aromatic rings. The summed E-state index contributed by atoms with van der Waals surface area (Å²) in [4.78, 5) is 30.2. The molecule has 6 nitrogen and oxygen atoms in total. The molecule has 1 heterocycles. The van der Waals surface area contributed by atoms with E-state index in [0.29, 0.717) is 12.8 Å². The molecule has 0 saturated heterocycles. The molecule has 0 aliphatic carbocycles. The van der Waals surface area contributed by atoms with Crippen LogP contribution in [0.2, 0.25) is 0 Å². The Kier molecular flexibility index (Phi) is 5.86. The lowest BCUT2D eigenvalue weighted by Gasteiger charge is -2.19. The van der Waals surface area contributed by atoms with Gasteiger partial charge in [-0.1, -0.05) is 59.8 Å². The Hall–Kier alpha value is -3.15. The van der Waals surface area contributed by atoms with Crippen LogP contribution in [0.15, 0.2) is 59.8 Å². The number of amides is 2. The first-order chi connectivity index (χ1) is 13.1.